The lowest BCUT2D eigenvalue weighted by Gasteiger charge is -1.91. The highest BCUT2D eigenvalue weighted by Gasteiger charge is 2.07. The van der Waals surface area contributed by atoms with Gasteiger partial charge in [-0.25, -0.2) is 0 Å². The second kappa shape index (κ2) is 2.38. The van der Waals surface area contributed by atoms with Gasteiger partial charge in [0.1, 0.15) is 11.4 Å². The lowest BCUT2D eigenvalue weighted by atomic mass is 10.4. The summed E-state index contributed by atoms with van der Waals surface area (Å²) in [6.07, 6.45) is 0.588. The molecule has 0 aromatic carbocycles. The lowest BCUT2D eigenvalue weighted by molar-refractivity contribution is 0.112. The van der Waals surface area contributed by atoms with Crippen molar-refractivity contribution in [3.05, 3.63) is 5.69 Å². The van der Waals surface area contributed by atoms with E-state index in [0.29, 0.717) is 6.29 Å². The van der Waals surface area contributed by atoms with Crippen molar-refractivity contribution in [2.45, 2.75) is 0 Å². The maximum Gasteiger partial charge on any atom is 0.256 e. The number of ether oxygens (including phenoxy) is 1. The summed E-state index contributed by atoms with van der Waals surface area (Å²) < 4.78 is 4.70. The number of nitrogens with zero attached hydrogens (tertiary/aromatic N) is 1. The summed E-state index contributed by atoms with van der Waals surface area (Å²) in [7, 11) is 1.43. The van der Waals surface area contributed by atoms with Gasteiger partial charge >= 0.3 is 0 Å². The van der Waals surface area contributed by atoms with E-state index in [9.17, 15) is 4.79 Å². The standard InChI is InChI=1S/C5H7N3O2/c1-10-5-4(6)3(2-9)7-8-5/h2H,6H2,1H3,(H,7,8). The van der Waals surface area contributed by atoms with Crippen LogP contribution in [-0.2, 0) is 0 Å². The Hall–Kier alpha value is -1.52. The van der Waals surface area contributed by atoms with E-state index in [1.807, 2.05) is 0 Å². The van der Waals surface area contributed by atoms with E-state index in [1.54, 1.807) is 0 Å². The summed E-state index contributed by atoms with van der Waals surface area (Å²) in [4.78, 5) is 10.1. The van der Waals surface area contributed by atoms with E-state index in [0.717, 1.165) is 0 Å². The van der Waals surface area contributed by atoms with Crippen LogP contribution in [0.25, 0.3) is 0 Å². The molecule has 10 heavy (non-hydrogen) atoms. The number of carbonyl (C=O) groups excluding carboxylic acids is 1. The van der Waals surface area contributed by atoms with Crippen LogP contribution >= 0.6 is 0 Å². The molecule has 0 aliphatic rings. The van der Waals surface area contributed by atoms with Crippen LogP contribution in [0.3, 0.4) is 0 Å². The number of rotatable bonds is 2. The molecule has 0 aliphatic heterocycles. The molecule has 0 saturated carbocycles. The molecule has 0 amide bonds. The fraction of sp³-hybridized carbons (Fsp3) is 0.200. The summed E-state index contributed by atoms with van der Waals surface area (Å²) in [5.41, 5.74) is 5.87. The lowest BCUT2D eigenvalue weighted by Crippen LogP contribution is -1.91. The molecule has 1 aromatic heterocycles. The minimum absolute atomic E-state index is 0.247. The highest BCUT2D eigenvalue weighted by atomic mass is 16.5. The first-order valence-electron chi connectivity index (χ1n) is 2.62. The maximum absolute atomic E-state index is 10.1. The zero-order valence-corrected chi connectivity index (χ0v) is 5.42. The number of carbonyl (C=O) groups is 1. The van der Waals surface area contributed by atoms with Gasteiger partial charge in [-0.2, -0.15) is 0 Å². The Kier molecular flexibility index (Phi) is 1.57. The van der Waals surface area contributed by atoms with Gasteiger partial charge in [0.15, 0.2) is 6.29 Å². The molecule has 54 valence electrons. The number of aromatic nitrogens is 2. The van der Waals surface area contributed by atoms with E-state index in [1.165, 1.54) is 7.11 Å². The number of anilines is 1. The highest BCUT2D eigenvalue weighted by molar-refractivity contribution is 5.82. The molecule has 0 radical (unpaired) electrons. The third-order valence-electron chi connectivity index (χ3n) is 1.11. The molecule has 0 fully saturated rings. The Labute approximate surface area is 57.2 Å². The molecule has 0 aliphatic carbocycles. The Morgan fingerprint density at radius 1 is 1.80 bits per heavy atom. The largest absolute Gasteiger partial charge is 0.478 e. The van der Waals surface area contributed by atoms with Gasteiger partial charge in [0, 0.05) is 0 Å². The summed E-state index contributed by atoms with van der Waals surface area (Å²) in [6, 6.07) is 0. The van der Waals surface area contributed by atoms with Crippen LogP contribution < -0.4 is 10.5 Å². The molecule has 0 bridgehead atoms. The molecular formula is C5H7N3O2. The predicted molar refractivity (Wildman–Crippen MR) is 34.9 cm³/mol. The first kappa shape index (κ1) is 6.60. The third kappa shape index (κ3) is 0.812. The first-order chi connectivity index (χ1) is 4.79. The average Bonchev–Trinajstić information content (AvgIpc) is 2.30. The number of aromatic amines is 1. The normalized spacial score (nSPS) is 9.30. The van der Waals surface area contributed by atoms with Crippen LogP contribution in [0.2, 0.25) is 0 Å². The Morgan fingerprint density at radius 3 is 2.80 bits per heavy atom. The maximum atomic E-state index is 10.1. The first-order valence-corrected chi connectivity index (χ1v) is 2.62. The van der Waals surface area contributed by atoms with Crippen molar-refractivity contribution in [2.75, 3.05) is 12.8 Å². The van der Waals surface area contributed by atoms with Crippen molar-refractivity contribution >= 4 is 12.0 Å². The van der Waals surface area contributed by atoms with Crippen LogP contribution in [0.15, 0.2) is 0 Å². The second-order valence-corrected chi connectivity index (χ2v) is 1.68. The number of aldehydes is 1. The van der Waals surface area contributed by atoms with Gasteiger partial charge in [-0.1, -0.05) is 0 Å². The summed E-state index contributed by atoms with van der Waals surface area (Å²) in [6.45, 7) is 0. The van der Waals surface area contributed by atoms with Gasteiger partial charge in [0.2, 0.25) is 0 Å². The summed E-state index contributed by atoms with van der Waals surface area (Å²) >= 11 is 0. The minimum atomic E-state index is 0.247. The van der Waals surface area contributed by atoms with E-state index in [4.69, 9.17) is 10.5 Å². The van der Waals surface area contributed by atoms with Crippen molar-refractivity contribution in [3.8, 4) is 5.88 Å². The fourth-order valence-electron chi connectivity index (χ4n) is 0.592. The van der Waals surface area contributed by atoms with Crippen LogP contribution in [0.5, 0.6) is 5.88 Å². The molecule has 1 rings (SSSR count). The third-order valence-corrected chi connectivity index (χ3v) is 1.11. The van der Waals surface area contributed by atoms with Crippen LogP contribution in [0.4, 0.5) is 5.69 Å². The molecule has 5 heteroatoms. The van der Waals surface area contributed by atoms with Crippen molar-refractivity contribution < 1.29 is 9.53 Å². The monoisotopic (exact) mass is 141 g/mol. The number of nitrogens with two attached hydrogens (primary N) is 1. The molecule has 0 spiro atoms. The number of nitrogens with one attached hydrogen (secondary N) is 1. The van der Waals surface area contributed by atoms with Crippen molar-refractivity contribution in [1.29, 1.82) is 0 Å². The predicted octanol–water partition coefficient (Wildman–Crippen LogP) is -0.187. The van der Waals surface area contributed by atoms with Crippen molar-refractivity contribution in [3.63, 3.8) is 0 Å². The second-order valence-electron chi connectivity index (χ2n) is 1.68. The quantitative estimate of drug-likeness (QED) is 0.559. The van der Waals surface area contributed by atoms with Crippen LogP contribution in [0, 0.1) is 0 Å². The van der Waals surface area contributed by atoms with Crippen LogP contribution in [0.1, 0.15) is 10.5 Å². The Bertz CT molecular complexity index is 243. The average molecular weight is 141 g/mol. The van der Waals surface area contributed by atoms with Crippen molar-refractivity contribution in [2.24, 2.45) is 0 Å². The number of hydrogen-bond donors (Lipinski definition) is 2. The number of H-pyrrole nitrogens is 1. The molecule has 0 unspecified atom stereocenters. The molecule has 1 heterocycles. The topological polar surface area (TPSA) is 81.0 Å². The zero-order chi connectivity index (χ0) is 7.56. The molecular weight excluding hydrogens is 134 g/mol. The summed E-state index contributed by atoms with van der Waals surface area (Å²) in [5.74, 6) is 0.252. The molecule has 0 saturated heterocycles. The molecule has 0 atom stereocenters. The van der Waals surface area contributed by atoms with E-state index < -0.39 is 0 Å². The van der Waals surface area contributed by atoms with Crippen LogP contribution in [-0.4, -0.2) is 23.6 Å². The smallest absolute Gasteiger partial charge is 0.256 e. The SMILES string of the molecule is COc1n[nH]c(C=O)c1N. The Balaban J connectivity index is 3.08. The number of nitrogen functional groups attached to an aromatic ring is 1. The van der Waals surface area contributed by atoms with E-state index in [-0.39, 0.29) is 17.3 Å². The van der Waals surface area contributed by atoms with Gasteiger partial charge < -0.3 is 10.5 Å². The fourth-order valence-corrected chi connectivity index (χ4v) is 0.592. The van der Waals surface area contributed by atoms with Crippen molar-refractivity contribution in [1.82, 2.24) is 10.2 Å². The van der Waals surface area contributed by atoms with Gasteiger partial charge in [0.25, 0.3) is 5.88 Å². The van der Waals surface area contributed by atoms with E-state index in [2.05, 4.69) is 10.2 Å². The molecule has 3 N–H and O–H groups in total. The van der Waals surface area contributed by atoms with Gasteiger partial charge in [-0.15, -0.1) is 5.10 Å². The van der Waals surface area contributed by atoms with Gasteiger partial charge in [-0.3, -0.25) is 9.89 Å². The van der Waals surface area contributed by atoms with E-state index >= 15 is 0 Å². The highest BCUT2D eigenvalue weighted by Crippen LogP contribution is 2.18. The zero-order valence-electron chi connectivity index (χ0n) is 5.42. The van der Waals surface area contributed by atoms with Gasteiger partial charge in [-0.05, 0) is 0 Å². The Morgan fingerprint density at radius 2 is 2.50 bits per heavy atom. The summed E-state index contributed by atoms with van der Waals surface area (Å²) in [5, 5.41) is 6.01. The number of hydrogen-bond acceptors (Lipinski definition) is 4. The molecule has 5 nitrogen and oxygen atoms in total. The number of methoxy groups -OCH3 is 1. The van der Waals surface area contributed by atoms with Gasteiger partial charge in [0.05, 0.1) is 7.11 Å². The molecule has 1 aromatic rings. The minimum Gasteiger partial charge on any atom is -0.478 e.